The van der Waals surface area contributed by atoms with E-state index < -0.39 is 0 Å². The number of nitrogens with zero attached hydrogens (tertiary/aromatic N) is 6. The number of rotatable bonds is 7. The molecule has 5 aromatic rings. The van der Waals surface area contributed by atoms with Crippen LogP contribution < -0.4 is 19.7 Å². The minimum atomic E-state index is 0.110. The maximum atomic E-state index is 11.8. The fourth-order valence-electron chi connectivity index (χ4n) is 5.73. The highest BCUT2D eigenvalue weighted by molar-refractivity contribution is 5.88. The van der Waals surface area contributed by atoms with Gasteiger partial charge in [-0.25, -0.2) is 4.98 Å². The second kappa shape index (κ2) is 10.7. The predicted molar refractivity (Wildman–Crippen MR) is 161 cm³/mol. The van der Waals surface area contributed by atoms with Crippen LogP contribution in [0.4, 0.5) is 11.6 Å². The van der Waals surface area contributed by atoms with E-state index in [0.717, 1.165) is 75.3 Å². The molecule has 4 heterocycles. The summed E-state index contributed by atoms with van der Waals surface area (Å²) in [4.78, 5) is 25.6. The molecule has 10 heteroatoms. The van der Waals surface area contributed by atoms with Crippen molar-refractivity contribution in [1.82, 2.24) is 23.8 Å². The second-order valence-electron chi connectivity index (χ2n) is 10.3. The molecule has 0 bridgehead atoms. The lowest BCUT2D eigenvalue weighted by Gasteiger charge is -2.34. The number of anilines is 2. The number of ether oxygens (including phenoxy) is 2. The summed E-state index contributed by atoms with van der Waals surface area (Å²) in [5.74, 6) is 2.57. The Balaban J connectivity index is 1.30. The van der Waals surface area contributed by atoms with Gasteiger partial charge in [0.05, 0.1) is 43.2 Å². The number of methoxy groups -OCH3 is 2. The summed E-state index contributed by atoms with van der Waals surface area (Å²) in [6.07, 6.45) is 3.76. The predicted octanol–water partition coefficient (Wildman–Crippen LogP) is 4.49. The van der Waals surface area contributed by atoms with Gasteiger partial charge in [0.1, 0.15) is 17.2 Å². The van der Waals surface area contributed by atoms with Crippen molar-refractivity contribution in [1.29, 1.82) is 0 Å². The maximum Gasteiger partial charge on any atom is 0.219 e. The van der Waals surface area contributed by atoms with Crippen LogP contribution in [-0.2, 0) is 18.4 Å². The minimum absolute atomic E-state index is 0.110. The summed E-state index contributed by atoms with van der Waals surface area (Å²) < 4.78 is 15.7. The second-order valence-corrected chi connectivity index (χ2v) is 10.3. The average molecular weight is 554 g/mol. The fourth-order valence-corrected chi connectivity index (χ4v) is 5.73. The highest BCUT2D eigenvalue weighted by Gasteiger charge is 2.25. The third-order valence-corrected chi connectivity index (χ3v) is 8.03. The van der Waals surface area contributed by atoms with Crippen LogP contribution in [0.1, 0.15) is 18.3 Å². The van der Waals surface area contributed by atoms with Gasteiger partial charge in [-0.3, -0.25) is 14.2 Å². The molecular formula is C31H35N7O3. The topological polar surface area (TPSA) is 89.2 Å². The van der Waals surface area contributed by atoms with Crippen molar-refractivity contribution in [3.05, 3.63) is 66.2 Å². The lowest BCUT2D eigenvalue weighted by Crippen LogP contribution is -2.48. The van der Waals surface area contributed by atoms with E-state index in [1.54, 1.807) is 27.3 Å². The van der Waals surface area contributed by atoms with Crippen LogP contribution in [0.2, 0.25) is 0 Å². The standard InChI is InChI=1S/C31H35N7O3/c1-20-30-29(34-31(38(30)12-11-32-20)37-15-13-36(14-16-37)21(2)39)22-9-10-25(28(17-22)41-5)33-19-23-18-24-26(35(23)3)7-6-8-27(24)40-4/h6-12,17-18,33H,13-16,19H2,1-5H3. The monoisotopic (exact) mass is 553 g/mol. The molecule has 212 valence electrons. The van der Waals surface area contributed by atoms with Crippen LogP contribution in [0.15, 0.2) is 54.9 Å². The van der Waals surface area contributed by atoms with Gasteiger partial charge >= 0.3 is 0 Å². The van der Waals surface area contributed by atoms with Gasteiger partial charge in [0.25, 0.3) is 0 Å². The van der Waals surface area contributed by atoms with Crippen LogP contribution in [0.5, 0.6) is 11.5 Å². The SMILES string of the molecule is COc1cc(-c2nc(N3CCN(C(C)=O)CC3)n3ccnc(C)c23)ccc1NCc1cc2c(OC)cccc2n1C. The minimum Gasteiger partial charge on any atom is -0.496 e. The number of hydrogen-bond acceptors (Lipinski definition) is 7. The molecule has 6 rings (SSSR count). The quantitative estimate of drug-likeness (QED) is 0.318. The molecule has 0 radical (unpaired) electrons. The van der Waals surface area contributed by atoms with E-state index in [9.17, 15) is 4.79 Å². The Morgan fingerprint density at radius 1 is 1.02 bits per heavy atom. The van der Waals surface area contributed by atoms with E-state index in [4.69, 9.17) is 14.5 Å². The third kappa shape index (κ3) is 4.69. The number of carbonyl (C=O) groups is 1. The molecule has 2 aromatic carbocycles. The normalized spacial score (nSPS) is 13.7. The van der Waals surface area contributed by atoms with E-state index in [2.05, 4.69) is 49.4 Å². The molecule has 1 fully saturated rings. The molecular weight excluding hydrogens is 518 g/mol. The Labute approximate surface area is 239 Å². The molecule has 1 saturated heterocycles. The summed E-state index contributed by atoms with van der Waals surface area (Å²) in [6.45, 7) is 7.07. The fraction of sp³-hybridized carbons (Fsp3) is 0.323. The lowest BCUT2D eigenvalue weighted by molar-refractivity contribution is -0.129. The maximum absolute atomic E-state index is 11.8. The van der Waals surface area contributed by atoms with E-state index in [1.807, 2.05) is 42.3 Å². The Kier molecular flexibility index (Phi) is 6.90. The number of aryl methyl sites for hydroxylation is 2. The van der Waals surface area contributed by atoms with Crippen molar-refractivity contribution in [2.24, 2.45) is 7.05 Å². The van der Waals surface area contributed by atoms with Gasteiger partial charge in [-0.2, -0.15) is 0 Å². The van der Waals surface area contributed by atoms with Gasteiger partial charge in [-0.05, 0) is 37.3 Å². The number of amides is 1. The summed E-state index contributed by atoms with van der Waals surface area (Å²) in [5.41, 5.74) is 6.81. The number of nitrogens with one attached hydrogen (secondary N) is 1. The van der Waals surface area contributed by atoms with Crippen molar-refractivity contribution < 1.29 is 14.3 Å². The van der Waals surface area contributed by atoms with Crippen molar-refractivity contribution in [3.63, 3.8) is 0 Å². The van der Waals surface area contributed by atoms with Gasteiger partial charge < -0.3 is 29.2 Å². The van der Waals surface area contributed by atoms with Gasteiger partial charge in [0, 0.05) is 69.2 Å². The molecule has 0 saturated carbocycles. The molecule has 1 aliphatic rings. The summed E-state index contributed by atoms with van der Waals surface area (Å²) in [7, 11) is 5.45. The van der Waals surface area contributed by atoms with Crippen LogP contribution in [0.3, 0.4) is 0 Å². The van der Waals surface area contributed by atoms with Gasteiger partial charge in [0.2, 0.25) is 11.9 Å². The molecule has 1 aliphatic heterocycles. The highest BCUT2D eigenvalue weighted by atomic mass is 16.5. The van der Waals surface area contributed by atoms with Crippen molar-refractivity contribution in [2.45, 2.75) is 20.4 Å². The van der Waals surface area contributed by atoms with Crippen molar-refractivity contribution in [2.75, 3.05) is 50.6 Å². The van der Waals surface area contributed by atoms with E-state index in [0.29, 0.717) is 19.6 Å². The first kappa shape index (κ1) is 26.5. The Morgan fingerprint density at radius 2 is 1.80 bits per heavy atom. The van der Waals surface area contributed by atoms with Gasteiger partial charge in [0.15, 0.2) is 0 Å². The van der Waals surface area contributed by atoms with E-state index >= 15 is 0 Å². The van der Waals surface area contributed by atoms with Crippen LogP contribution in [-0.4, -0.2) is 70.1 Å². The van der Waals surface area contributed by atoms with Crippen LogP contribution in [0.25, 0.3) is 27.7 Å². The largest absolute Gasteiger partial charge is 0.496 e. The van der Waals surface area contributed by atoms with Gasteiger partial charge in [-0.15, -0.1) is 0 Å². The average Bonchev–Trinajstić information content (AvgIpc) is 3.55. The number of fused-ring (bicyclic) bond motifs is 2. The number of benzene rings is 2. The summed E-state index contributed by atoms with van der Waals surface area (Å²) >= 11 is 0. The van der Waals surface area contributed by atoms with Crippen molar-refractivity contribution in [3.8, 4) is 22.8 Å². The Hall–Kier alpha value is -4.73. The Bertz CT molecular complexity index is 1750. The molecule has 10 nitrogen and oxygen atoms in total. The zero-order valence-electron chi connectivity index (χ0n) is 24.1. The van der Waals surface area contributed by atoms with Crippen LogP contribution in [0, 0.1) is 6.92 Å². The molecule has 0 unspecified atom stereocenters. The zero-order valence-corrected chi connectivity index (χ0v) is 24.1. The van der Waals surface area contributed by atoms with Crippen LogP contribution >= 0.6 is 0 Å². The van der Waals surface area contributed by atoms with Gasteiger partial charge in [-0.1, -0.05) is 12.1 Å². The van der Waals surface area contributed by atoms with E-state index in [-0.39, 0.29) is 5.91 Å². The zero-order chi connectivity index (χ0) is 28.7. The third-order valence-electron chi connectivity index (χ3n) is 8.03. The summed E-state index contributed by atoms with van der Waals surface area (Å²) in [5, 5.41) is 4.64. The molecule has 1 amide bonds. The lowest BCUT2D eigenvalue weighted by atomic mass is 10.1. The number of aromatic nitrogens is 4. The number of imidazole rings is 1. The number of hydrogen-bond donors (Lipinski definition) is 1. The molecule has 41 heavy (non-hydrogen) atoms. The summed E-state index contributed by atoms with van der Waals surface area (Å²) in [6, 6.07) is 14.4. The number of carbonyl (C=O) groups excluding carboxylic acids is 1. The number of piperazine rings is 1. The first-order chi connectivity index (χ1) is 19.9. The Morgan fingerprint density at radius 3 is 2.54 bits per heavy atom. The molecule has 0 aliphatic carbocycles. The molecule has 1 N–H and O–H groups in total. The molecule has 0 atom stereocenters. The smallest absolute Gasteiger partial charge is 0.219 e. The first-order valence-electron chi connectivity index (χ1n) is 13.8. The van der Waals surface area contributed by atoms with E-state index in [1.165, 1.54) is 0 Å². The molecule has 0 spiro atoms. The molecule has 3 aromatic heterocycles. The first-order valence-corrected chi connectivity index (χ1v) is 13.8. The van der Waals surface area contributed by atoms with Crippen molar-refractivity contribution >= 4 is 34.0 Å². The highest BCUT2D eigenvalue weighted by Crippen LogP contribution is 2.36.